The molecule has 8 nitrogen and oxygen atoms in total. The highest BCUT2D eigenvalue weighted by molar-refractivity contribution is 6.53. The van der Waals surface area contributed by atoms with E-state index in [1.165, 1.54) is 32.3 Å². The first-order chi connectivity index (χ1) is 12.0. The molecule has 1 aromatic rings. The number of Topliss-reactive ketones (excluding diaryl/α,β-unsaturated/α-hetero) is 1. The van der Waals surface area contributed by atoms with Gasteiger partial charge in [0.25, 0.3) is 11.7 Å². The first-order valence-electron chi connectivity index (χ1n) is 8.00. The second-order valence-electron chi connectivity index (χ2n) is 5.85. The zero-order valence-corrected chi connectivity index (χ0v) is 14.5. The summed E-state index contributed by atoms with van der Waals surface area (Å²) in [6, 6.07) is 1.52. The largest absolute Gasteiger partial charge is 0.493 e. The van der Waals surface area contributed by atoms with Gasteiger partial charge in [-0.15, -0.1) is 0 Å². The summed E-state index contributed by atoms with van der Waals surface area (Å²) in [5.41, 5.74) is 0.399. The van der Waals surface area contributed by atoms with Crippen molar-refractivity contribution in [2.75, 3.05) is 45.9 Å². The highest BCUT2D eigenvalue weighted by Gasteiger charge is 2.42. The standard InChI is InChI=1S/C17H20N2O6/c1-23-11-8-10-13(16(25-3)15(11)24-2)14(21)17(22)19(10)9-12(20)18-6-4-5-7-18/h8H,4-7,9H2,1-3H3. The van der Waals surface area contributed by atoms with Crippen molar-refractivity contribution in [2.24, 2.45) is 0 Å². The van der Waals surface area contributed by atoms with Gasteiger partial charge >= 0.3 is 0 Å². The number of nitrogens with zero attached hydrogens (tertiary/aromatic N) is 2. The summed E-state index contributed by atoms with van der Waals surface area (Å²) in [6.45, 7) is 1.17. The van der Waals surface area contributed by atoms with Gasteiger partial charge in [0, 0.05) is 19.2 Å². The maximum absolute atomic E-state index is 12.5. The molecular weight excluding hydrogens is 328 g/mol. The molecule has 2 amide bonds. The first-order valence-corrected chi connectivity index (χ1v) is 8.00. The molecule has 1 aromatic carbocycles. The Bertz CT molecular complexity index is 739. The van der Waals surface area contributed by atoms with E-state index in [1.807, 2.05) is 0 Å². The van der Waals surface area contributed by atoms with E-state index in [1.54, 1.807) is 4.90 Å². The fourth-order valence-electron chi connectivity index (χ4n) is 3.27. The van der Waals surface area contributed by atoms with Crippen molar-refractivity contribution in [3.8, 4) is 17.2 Å². The van der Waals surface area contributed by atoms with Gasteiger partial charge in [-0.2, -0.15) is 0 Å². The number of fused-ring (bicyclic) bond motifs is 1. The second-order valence-corrected chi connectivity index (χ2v) is 5.85. The van der Waals surface area contributed by atoms with Crippen molar-refractivity contribution >= 4 is 23.3 Å². The SMILES string of the molecule is COc1cc2c(c(OC)c1OC)C(=O)C(=O)N2CC(=O)N1CCCC1. The van der Waals surface area contributed by atoms with Gasteiger partial charge in [-0.3, -0.25) is 19.3 Å². The molecule has 1 saturated heterocycles. The van der Waals surface area contributed by atoms with Gasteiger partial charge in [0.05, 0.1) is 32.6 Å². The smallest absolute Gasteiger partial charge is 0.300 e. The molecule has 134 valence electrons. The molecule has 25 heavy (non-hydrogen) atoms. The number of methoxy groups -OCH3 is 3. The molecule has 0 saturated carbocycles. The zero-order chi connectivity index (χ0) is 18.1. The predicted octanol–water partition coefficient (Wildman–Crippen LogP) is 0.864. The monoisotopic (exact) mass is 348 g/mol. The highest BCUT2D eigenvalue weighted by Crippen LogP contribution is 2.47. The van der Waals surface area contributed by atoms with Gasteiger partial charge in [0.15, 0.2) is 11.5 Å². The summed E-state index contributed by atoms with van der Waals surface area (Å²) in [5, 5.41) is 0. The topological polar surface area (TPSA) is 85.4 Å². The predicted molar refractivity (Wildman–Crippen MR) is 88.6 cm³/mol. The maximum atomic E-state index is 12.5. The lowest BCUT2D eigenvalue weighted by Gasteiger charge is -2.22. The number of hydrogen-bond acceptors (Lipinski definition) is 6. The van der Waals surface area contributed by atoms with Crippen molar-refractivity contribution in [2.45, 2.75) is 12.8 Å². The molecule has 0 atom stereocenters. The van der Waals surface area contributed by atoms with Crippen LogP contribution in [0.3, 0.4) is 0 Å². The normalized spacial score (nSPS) is 16.3. The molecule has 1 fully saturated rings. The average Bonchev–Trinajstić information content (AvgIpc) is 3.24. The lowest BCUT2D eigenvalue weighted by molar-refractivity contribution is -0.129. The summed E-state index contributed by atoms with van der Waals surface area (Å²) in [7, 11) is 4.25. The van der Waals surface area contributed by atoms with Crippen LogP contribution in [0.25, 0.3) is 0 Å². The van der Waals surface area contributed by atoms with Gasteiger partial charge in [-0.05, 0) is 12.8 Å². The summed E-state index contributed by atoms with van der Waals surface area (Å²) in [4.78, 5) is 40.2. The first kappa shape index (κ1) is 17.1. The Hall–Kier alpha value is -2.77. The number of carbonyl (C=O) groups excluding carboxylic acids is 3. The Morgan fingerprint density at radius 2 is 1.68 bits per heavy atom. The molecule has 0 bridgehead atoms. The third-order valence-electron chi connectivity index (χ3n) is 4.52. The van der Waals surface area contributed by atoms with Crippen LogP contribution in [0.2, 0.25) is 0 Å². The zero-order valence-electron chi connectivity index (χ0n) is 14.5. The Morgan fingerprint density at radius 1 is 1.04 bits per heavy atom. The fraction of sp³-hybridized carbons (Fsp3) is 0.471. The van der Waals surface area contributed by atoms with Gasteiger partial charge in [0.2, 0.25) is 11.7 Å². The molecule has 2 aliphatic rings. The minimum atomic E-state index is -0.754. The van der Waals surface area contributed by atoms with Crippen LogP contribution in [0.1, 0.15) is 23.2 Å². The molecule has 3 rings (SSSR count). The molecular formula is C17H20N2O6. The van der Waals surface area contributed by atoms with Crippen LogP contribution < -0.4 is 19.1 Å². The van der Waals surface area contributed by atoms with Crippen LogP contribution in [0.5, 0.6) is 17.2 Å². The molecule has 0 spiro atoms. The molecule has 0 N–H and O–H groups in total. The van der Waals surface area contributed by atoms with Gasteiger partial charge in [0.1, 0.15) is 6.54 Å². The second kappa shape index (κ2) is 6.62. The third kappa shape index (κ3) is 2.67. The maximum Gasteiger partial charge on any atom is 0.300 e. The number of hydrogen-bond donors (Lipinski definition) is 0. The van der Waals surface area contributed by atoms with E-state index in [2.05, 4.69) is 0 Å². The fourth-order valence-corrected chi connectivity index (χ4v) is 3.27. The molecule has 0 radical (unpaired) electrons. The van der Waals surface area contributed by atoms with E-state index in [4.69, 9.17) is 14.2 Å². The highest BCUT2D eigenvalue weighted by atomic mass is 16.5. The third-order valence-corrected chi connectivity index (χ3v) is 4.52. The van der Waals surface area contributed by atoms with Crippen molar-refractivity contribution in [1.82, 2.24) is 4.90 Å². The number of carbonyl (C=O) groups is 3. The average molecular weight is 348 g/mol. The van der Waals surface area contributed by atoms with E-state index in [0.29, 0.717) is 24.5 Å². The molecule has 0 unspecified atom stereocenters. The Kier molecular flexibility index (Phi) is 4.52. The lowest BCUT2D eigenvalue weighted by atomic mass is 10.1. The summed E-state index contributed by atoms with van der Waals surface area (Å²) < 4.78 is 15.8. The summed E-state index contributed by atoms with van der Waals surface area (Å²) >= 11 is 0. The number of rotatable bonds is 5. The van der Waals surface area contributed by atoms with Crippen LogP contribution in [0, 0.1) is 0 Å². The molecule has 2 heterocycles. The summed E-state index contributed by atoms with van der Waals surface area (Å²) in [6.07, 6.45) is 1.90. The lowest BCUT2D eigenvalue weighted by Crippen LogP contribution is -2.41. The number of anilines is 1. The van der Waals surface area contributed by atoms with Crippen molar-refractivity contribution in [3.63, 3.8) is 0 Å². The van der Waals surface area contributed by atoms with Crippen molar-refractivity contribution in [3.05, 3.63) is 11.6 Å². The molecule has 0 aliphatic carbocycles. The van der Waals surface area contributed by atoms with Crippen LogP contribution >= 0.6 is 0 Å². The molecule has 8 heteroatoms. The minimum Gasteiger partial charge on any atom is -0.493 e. The quantitative estimate of drug-likeness (QED) is 0.734. The van der Waals surface area contributed by atoms with Crippen molar-refractivity contribution in [1.29, 1.82) is 0 Å². The van der Waals surface area contributed by atoms with Crippen LogP contribution in [-0.2, 0) is 9.59 Å². The minimum absolute atomic E-state index is 0.0966. The Morgan fingerprint density at radius 3 is 2.24 bits per heavy atom. The van der Waals surface area contributed by atoms with E-state index < -0.39 is 11.7 Å². The van der Waals surface area contributed by atoms with E-state index in [9.17, 15) is 14.4 Å². The number of ketones is 1. The van der Waals surface area contributed by atoms with Gasteiger partial charge in [-0.1, -0.05) is 0 Å². The van der Waals surface area contributed by atoms with E-state index in [0.717, 1.165) is 12.8 Å². The number of amides is 2. The van der Waals surface area contributed by atoms with Gasteiger partial charge < -0.3 is 19.1 Å². The number of benzene rings is 1. The summed E-state index contributed by atoms with van der Waals surface area (Å²) in [5.74, 6) is -0.971. The van der Waals surface area contributed by atoms with Gasteiger partial charge in [-0.25, -0.2) is 0 Å². The van der Waals surface area contributed by atoms with E-state index >= 15 is 0 Å². The van der Waals surface area contributed by atoms with Crippen molar-refractivity contribution < 1.29 is 28.6 Å². The van der Waals surface area contributed by atoms with Crippen LogP contribution in [0.4, 0.5) is 5.69 Å². The Labute approximate surface area is 145 Å². The van der Waals surface area contributed by atoms with E-state index in [-0.39, 0.29) is 29.5 Å². The molecule has 2 aliphatic heterocycles. The Balaban J connectivity index is 2.03. The number of ether oxygens (including phenoxy) is 3. The van der Waals surface area contributed by atoms with Crippen LogP contribution in [-0.4, -0.2) is 63.5 Å². The molecule has 0 aromatic heterocycles. The van der Waals surface area contributed by atoms with Crippen LogP contribution in [0.15, 0.2) is 6.07 Å². The number of likely N-dealkylation sites (tertiary alicyclic amines) is 1.